The fourth-order valence-corrected chi connectivity index (χ4v) is 2.92. The molecule has 8 heteroatoms. The van der Waals surface area contributed by atoms with Gasteiger partial charge in [-0.05, 0) is 43.2 Å². The van der Waals surface area contributed by atoms with Gasteiger partial charge in [0, 0.05) is 17.8 Å². The Balaban J connectivity index is 2.15. The zero-order valence-corrected chi connectivity index (χ0v) is 18.3. The molecular formula is C24H27N3O5. The van der Waals surface area contributed by atoms with Gasteiger partial charge in [-0.25, -0.2) is 0 Å². The lowest BCUT2D eigenvalue weighted by Gasteiger charge is -2.13. The number of carbonyl (C=O) groups excluding carboxylic acids is 1. The van der Waals surface area contributed by atoms with Gasteiger partial charge in [-0.15, -0.1) is 0 Å². The molecule has 0 heterocycles. The second-order valence-electron chi connectivity index (χ2n) is 6.98. The molecule has 0 aliphatic rings. The summed E-state index contributed by atoms with van der Waals surface area (Å²) in [5.41, 5.74) is 0.522. The minimum absolute atomic E-state index is 0.146. The number of ether oxygens (including phenoxy) is 2. The topological polar surface area (TPSA) is 114 Å². The van der Waals surface area contributed by atoms with Crippen LogP contribution in [-0.2, 0) is 4.79 Å². The fraction of sp³-hybridized carbons (Fsp3) is 0.333. The summed E-state index contributed by atoms with van der Waals surface area (Å²) in [5, 5.41) is 22.9. The number of rotatable bonds is 12. The van der Waals surface area contributed by atoms with E-state index in [9.17, 15) is 20.2 Å². The van der Waals surface area contributed by atoms with Gasteiger partial charge >= 0.3 is 0 Å². The Bertz CT molecular complexity index is 1010. The van der Waals surface area contributed by atoms with Crippen LogP contribution in [0.4, 0.5) is 11.4 Å². The van der Waals surface area contributed by atoms with E-state index in [4.69, 9.17) is 9.47 Å². The zero-order valence-electron chi connectivity index (χ0n) is 18.3. The van der Waals surface area contributed by atoms with Gasteiger partial charge in [0.05, 0.1) is 18.1 Å². The van der Waals surface area contributed by atoms with E-state index in [0.717, 1.165) is 19.3 Å². The molecule has 0 saturated carbocycles. The van der Waals surface area contributed by atoms with Crippen LogP contribution in [0.3, 0.4) is 0 Å². The number of nitro groups is 1. The molecule has 0 unspecified atom stereocenters. The summed E-state index contributed by atoms with van der Waals surface area (Å²) in [6, 6.07) is 12.6. The van der Waals surface area contributed by atoms with Gasteiger partial charge < -0.3 is 14.8 Å². The summed E-state index contributed by atoms with van der Waals surface area (Å²) in [6.07, 6.45) is 5.81. The van der Waals surface area contributed by atoms with E-state index < -0.39 is 10.8 Å². The molecule has 2 aromatic carbocycles. The molecule has 1 N–H and O–H groups in total. The van der Waals surface area contributed by atoms with Crippen LogP contribution < -0.4 is 14.8 Å². The third-order valence-corrected chi connectivity index (χ3v) is 4.51. The smallest absolute Gasteiger partial charge is 0.271 e. The molecule has 2 aromatic rings. The predicted octanol–water partition coefficient (Wildman–Crippen LogP) is 5.50. The average molecular weight is 437 g/mol. The molecule has 0 aliphatic heterocycles. The second kappa shape index (κ2) is 12.7. The first-order valence-corrected chi connectivity index (χ1v) is 10.6. The van der Waals surface area contributed by atoms with E-state index in [0.29, 0.717) is 30.3 Å². The molecule has 8 nitrogen and oxygen atoms in total. The number of unbranched alkanes of at least 4 members (excludes halogenated alkanes) is 3. The highest BCUT2D eigenvalue weighted by molar-refractivity contribution is 6.09. The van der Waals surface area contributed by atoms with Gasteiger partial charge in [0.2, 0.25) is 0 Å². The number of anilines is 1. The van der Waals surface area contributed by atoms with Crippen LogP contribution in [0.1, 0.15) is 45.1 Å². The largest absolute Gasteiger partial charge is 0.490 e. The molecule has 0 spiro atoms. The maximum atomic E-state index is 12.5. The zero-order chi connectivity index (χ0) is 23.3. The predicted molar refractivity (Wildman–Crippen MR) is 123 cm³/mol. The molecule has 32 heavy (non-hydrogen) atoms. The highest BCUT2D eigenvalue weighted by atomic mass is 16.6. The number of non-ortho nitro benzene ring substituents is 1. The van der Waals surface area contributed by atoms with Crippen molar-refractivity contribution in [1.82, 2.24) is 0 Å². The number of carbonyl (C=O) groups is 1. The van der Waals surface area contributed by atoms with Crippen molar-refractivity contribution in [3.63, 3.8) is 0 Å². The van der Waals surface area contributed by atoms with Gasteiger partial charge in [0.1, 0.15) is 11.6 Å². The number of nitro benzene ring substituents is 1. The average Bonchev–Trinajstić information content (AvgIpc) is 2.78. The Labute approximate surface area is 187 Å². The van der Waals surface area contributed by atoms with E-state index in [2.05, 4.69) is 12.2 Å². The highest BCUT2D eigenvalue weighted by Crippen LogP contribution is 2.30. The third kappa shape index (κ3) is 7.43. The van der Waals surface area contributed by atoms with Crippen molar-refractivity contribution in [3.8, 4) is 17.6 Å². The Morgan fingerprint density at radius 3 is 2.62 bits per heavy atom. The number of benzene rings is 2. The molecule has 0 fully saturated rings. The lowest BCUT2D eigenvalue weighted by molar-refractivity contribution is -0.384. The van der Waals surface area contributed by atoms with E-state index >= 15 is 0 Å². The third-order valence-electron chi connectivity index (χ3n) is 4.51. The summed E-state index contributed by atoms with van der Waals surface area (Å²) in [7, 11) is 0. The second-order valence-corrected chi connectivity index (χ2v) is 6.98. The van der Waals surface area contributed by atoms with Crippen LogP contribution in [0.5, 0.6) is 11.5 Å². The standard InChI is InChI=1S/C24H27N3O5/c1-3-5-6-7-13-32-22-12-11-18(15-23(22)31-4-2)14-19(17-25)24(28)26-20-9-8-10-21(16-20)27(29)30/h8-12,14-16H,3-7,13H2,1-2H3,(H,26,28)/b19-14-. The summed E-state index contributed by atoms with van der Waals surface area (Å²) >= 11 is 0. The maximum absolute atomic E-state index is 12.5. The quantitative estimate of drug-likeness (QED) is 0.154. The van der Waals surface area contributed by atoms with Gasteiger partial charge in [-0.1, -0.05) is 38.3 Å². The molecule has 0 atom stereocenters. The maximum Gasteiger partial charge on any atom is 0.271 e. The summed E-state index contributed by atoms with van der Waals surface area (Å²) in [4.78, 5) is 22.9. The van der Waals surface area contributed by atoms with Crippen LogP contribution >= 0.6 is 0 Å². The first kappa shape index (κ1) is 24.4. The molecule has 2 rings (SSSR count). The van der Waals surface area contributed by atoms with E-state index in [1.54, 1.807) is 18.2 Å². The van der Waals surface area contributed by atoms with Gasteiger partial charge in [0.25, 0.3) is 11.6 Å². The molecular weight excluding hydrogens is 410 g/mol. The number of nitrogens with zero attached hydrogens (tertiary/aromatic N) is 2. The van der Waals surface area contributed by atoms with Crippen molar-refractivity contribution in [2.45, 2.75) is 39.5 Å². The Hall–Kier alpha value is -3.86. The number of nitriles is 1. The van der Waals surface area contributed by atoms with Crippen LogP contribution in [0.2, 0.25) is 0 Å². The first-order chi connectivity index (χ1) is 15.5. The van der Waals surface area contributed by atoms with Crippen LogP contribution in [0.25, 0.3) is 6.08 Å². The lowest BCUT2D eigenvalue weighted by Crippen LogP contribution is -2.13. The number of nitrogens with one attached hydrogen (secondary N) is 1. The van der Waals surface area contributed by atoms with Gasteiger partial charge in [-0.2, -0.15) is 5.26 Å². The molecule has 0 bridgehead atoms. The van der Waals surface area contributed by atoms with Crippen LogP contribution in [0, 0.1) is 21.4 Å². The number of hydrogen-bond donors (Lipinski definition) is 1. The Morgan fingerprint density at radius 1 is 1.12 bits per heavy atom. The Morgan fingerprint density at radius 2 is 1.94 bits per heavy atom. The van der Waals surface area contributed by atoms with Crippen LogP contribution in [-0.4, -0.2) is 24.0 Å². The van der Waals surface area contributed by atoms with Crippen molar-refractivity contribution in [1.29, 1.82) is 5.26 Å². The normalized spacial score (nSPS) is 10.8. The van der Waals surface area contributed by atoms with Crippen molar-refractivity contribution < 1.29 is 19.2 Å². The van der Waals surface area contributed by atoms with Gasteiger partial charge in [-0.3, -0.25) is 14.9 Å². The first-order valence-electron chi connectivity index (χ1n) is 10.6. The molecule has 168 valence electrons. The molecule has 0 radical (unpaired) electrons. The molecule has 0 aromatic heterocycles. The summed E-state index contributed by atoms with van der Waals surface area (Å²) < 4.78 is 11.5. The van der Waals surface area contributed by atoms with E-state index in [1.807, 2.05) is 13.0 Å². The van der Waals surface area contributed by atoms with Crippen molar-refractivity contribution >= 4 is 23.4 Å². The fourth-order valence-electron chi connectivity index (χ4n) is 2.92. The van der Waals surface area contributed by atoms with Crippen molar-refractivity contribution in [3.05, 3.63) is 63.7 Å². The minimum Gasteiger partial charge on any atom is -0.490 e. The number of hydrogen-bond acceptors (Lipinski definition) is 6. The van der Waals surface area contributed by atoms with Crippen LogP contribution in [0.15, 0.2) is 48.0 Å². The SMILES string of the molecule is CCCCCCOc1ccc(/C=C(/C#N)C(=O)Nc2cccc([N+](=O)[O-])c2)cc1OCC. The molecule has 1 amide bonds. The lowest BCUT2D eigenvalue weighted by atomic mass is 10.1. The summed E-state index contributed by atoms with van der Waals surface area (Å²) in [6.45, 7) is 5.04. The number of amides is 1. The molecule has 0 aliphatic carbocycles. The minimum atomic E-state index is -0.665. The monoisotopic (exact) mass is 437 g/mol. The van der Waals surface area contributed by atoms with Crippen molar-refractivity contribution in [2.24, 2.45) is 0 Å². The highest BCUT2D eigenvalue weighted by Gasteiger charge is 2.13. The van der Waals surface area contributed by atoms with Gasteiger partial charge in [0.15, 0.2) is 11.5 Å². The Kier molecular flexibility index (Phi) is 9.72. The van der Waals surface area contributed by atoms with E-state index in [-0.39, 0.29) is 16.9 Å². The molecule has 0 saturated heterocycles. The van der Waals surface area contributed by atoms with Crippen molar-refractivity contribution in [2.75, 3.05) is 18.5 Å². The van der Waals surface area contributed by atoms with E-state index in [1.165, 1.54) is 36.8 Å². The summed E-state index contributed by atoms with van der Waals surface area (Å²) in [5.74, 6) is 0.482.